The standard InChI is InChI=1S/C17H21N3O/c1-2-18-11-13-10-16(21)20-17(19-13)15-9-5-7-12-6-3-4-8-14(12)15/h3-4,6,8,10,15,18H,2,5,7,9,11H2,1H3,(H,19,20,21). The van der Waals surface area contributed by atoms with Crippen molar-refractivity contribution in [3.05, 3.63) is 63.3 Å². The molecule has 0 bridgehead atoms. The Hall–Kier alpha value is -1.94. The van der Waals surface area contributed by atoms with Gasteiger partial charge in [-0.3, -0.25) is 4.79 Å². The molecule has 1 atom stereocenters. The van der Waals surface area contributed by atoms with Crippen molar-refractivity contribution in [2.24, 2.45) is 0 Å². The lowest BCUT2D eigenvalue weighted by Crippen LogP contribution is -2.22. The van der Waals surface area contributed by atoms with Crippen molar-refractivity contribution in [1.82, 2.24) is 15.3 Å². The second kappa shape index (κ2) is 6.22. The topological polar surface area (TPSA) is 57.8 Å². The summed E-state index contributed by atoms with van der Waals surface area (Å²) in [5, 5.41) is 3.23. The predicted molar refractivity (Wildman–Crippen MR) is 83.5 cm³/mol. The summed E-state index contributed by atoms with van der Waals surface area (Å²) in [5.74, 6) is 1.02. The quantitative estimate of drug-likeness (QED) is 0.905. The van der Waals surface area contributed by atoms with E-state index in [1.54, 1.807) is 6.07 Å². The maximum Gasteiger partial charge on any atom is 0.251 e. The van der Waals surface area contributed by atoms with Crippen LogP contribution >= 0.6 is 0 Å². The Morgan fingerprint density at radius 1 is 1.38 bits per heavy atom. The summed E-state index contributed by atoms with van der Waals surface area (Å²) in [4.78, 5) is 19.5. The van der Waals surface area contributed by atoms with Crippen LogP contribution in [0, 0.1) is 0 Å². The fourth-order valence-corrected chi connectivity index (χ4v) is 3.08. The molecule has 4 nitrogen and oxygen atoms in total. The van der Waals surface area contributed by atoms with Crippen LogP contribution in [0.1, 0.15) is 48.3 Å². The molecule has 110 valence electrons. The van der Waals surface area contributed by atoms with Crippen LogP contribution in [0.4, 0.5) is 0 Å². The number of rotatable bonds is 4. The first-order chi connectivity index (χ1) is 10.3. The van der Waals surface area contributed by atoms with Crippen molar-refractivity contribution in [3.63, 3.8) is 0 Å². The van der Waals surface area contributed by atoms with E-state index >= 15 is 0 Å². The number of fused-ring (bicyclic) bond motifs is 1. The number of hydrogen-bond donors (Lipinski definition) is 2. The van der Waals surface area contributed by atoms with Gasteiger partial charge < -0.3 is 10.3 Å². The lowest BCUT2D eigenvalue weighted by molar-refractivity contribution is 0.582. The van der Waals surface area contributed by atoms with Crippen LogP contribution in [-0.2, 0) is 13.0 Å². The minimum atomic E-state index is -0.0593. The van der Waals surface area contributed by atoms with E-state index in [4.69, 9.17) is 0 Å². The average Bonchev–Trinajstić information content (AvgIpc) is 2.52. The Kier molecular flexibility index (Phi) is 4.15. The third kappa shape index (κ3) is 3.05. The van der Waals surface area contributed by atoms with Gasteiger partial charge in [-0.15, -0.1) is 0 Å². The number of benzene rings is 1. The molecule has 1 aromatic carbocycles. The molecule has 1 heterocycles. The first-order valence-electron chi connectivity index (χ1n) is 7.66. The largest absolute Gasteiger partial charge is 0.311 e. The highest BCUT2D eigenvalue weighted by molar-refractivity contribution is 5.36. The number of H-pyrrole nitrogens is 1. The highest BCUT2D eigenvalue weighted by Gasteiger charge is 2.23. The van der Waals surface area contributed by atoms with Crippen molar-refractivity contribution in [3.8, 4) is 0 Å². The lowest BCUT2D eigenvalue weighted by atomic mass is 9.82. The predicted octanol–water partition coefficient (Wildman–Crippen LogP) is 2.35. The van der Waals surface area contributed by atoms with E-state index in [0.717, 1.165) is 37.3 Å². The van der Waals surface area contributed by atoms with Crippen LogP contribution in [0.3, 0.4) is 0 Å². The molecule has 21 heavy (non-hydrogen) atoms. The van der Waals surface area contributed by atoms with Crippen LogP contribution in [0.25, 0.3) is 0 Å². The second-order valence-corrected chi connectivity index (χ2v) is 5.55. The highest BCUT2D eigenvalue weighted by Crippen LogP contribution is 2.34. The van der Waals surface area contributed by atoms with E-state index in [-0.39, 0.29) is 11.5 Å². The van der Waals surface area contributed by atoms with E-state index in [9.17, 15) is 4.79 Å². The molecule has 2 aromatic rings. The van der Waals surface area contributed by atoms with Gasteiger partial charge in [0, 0.05) is 18.5 Å². The zero-order valence-electron chi connectivity index (χ0n) is 12.4. The van der Waals surface area contributed by atoms with Gasteiger partial charge in [0.05, 0.1) is 5.69 Å². The summed E-state index contributed by atoms with van der Waals surface area (Å²) in [6.07, 6.45) is 3.31. The van der Waals surface area contributed by atoms with Crippen LogP contribution in [-0.4, -0.2) is 16.5 Å². The third-order valence-corrected chi connectivity index (χ3v) is 4.07. The number of aromatic nitrogens is 2. The summed E-state index contributed by atoms with van der Waals surface area (Å²) in [5.41, 5.74) is 3.45. The zero-order valence-corrected chi connectivity index (χ0v) is 12.4. The molecule has 1 aliphatic rings. The fourth-order valence-electron chi connectivity index (χ4n) is 3.08. The highest BCUT2D eigenvalue weighted by atomic mass is 16.1. The molecular formula is C17H21N3O. The van der Waals surface area contributed by atoms with Gasteiger partial charge in [0.25, 0.3) is 5.56 Å². The van der Waals surface area contributed by atoms with Crippen molar-refractivity contribution < 1.29 is 0 Å². The van der Waals surface area contributed by atoms with Crippen molar-refractivity contribution in [2.75, 3.05) is 6.54 Å². The molecule has 0 spiro atoms. The molecule has 1 unspecified atom stereocenters. The van der Waals surface area contributed by atoms with Crippen molar-refractivity contribution in [1.29, 1.82) is 0 Å². The van der Waals surface area contributed by atoms with Crippen LogP contribution < -0.4 is 10.9 Å². The Balaban J connectivity index is 1.97. The van der Waals surface area contributed by atoms with Crippen molar-refractivity contribution in [2.45, 2.75) is 38.6 Å². The van der Waals surface area contributed by atoms with Gasteiger partial charge in [-0.05, 0) is 36.9 Å². The van der Waals surface area contributed by atoms with E-state index in [1.807, 2.05) is 6.92 Å². The smallest absolute Gasteiger partial charge is 0.251 e. The summed E-state index contributed by atoms with van der Waals surface area (Å²) >= 11 is 0. The first-order valence-corrected chi connectivity index (χ1v) is 7.66. The summed E-state index contributed by atoms with van der Waals surface area (Å²) in [7, 11) is 0. The van der Waals surface area contributed by atoms with Gasteiger partial charge in [0.2, 0.25) is 0 Å². The minimum absolute atomic E-state index is 0.0593. The fraction of sp³-hybridized carbons (Fsp3) is 0.412. The van der Waals surface area contributed by atoms with E-state index in [0.29, 0.717) is 6.54 Å². The van der Waals surface area contributed by atoms with Crippen LogP contribution in [0.15, 0.2) is 35.1 Å². The molecule has 4 heteroatoms. The molecular weight excluding hydrogens is 262 g/mol. The van der Waals surface area contributed by atoms with Crippen molar-refractivity contribution >= 4 is 0 Å². The van der Waals surface area contributed by atoms with Gasteiger partial charge >= 0.3 is 0 Å². The monoisotopic (exact) mass is 283 g/mol. The van der Waals surface area contributed by atoms with Crippen LogP contribution in [0.5, 0.6) is 0 Å². The molecule has 0 aliphatic heterocycles. The van der Waals surface area contributed by atoms with E-state index < -0.39 is 0 Å². The second-order valence-electron chi connectivity index (χ2n) is 5.55. The summed E-state index contributed by atoms with van der Waals surface area (Å²) in [6.45, 7) is 3.56. The maximum absolute atomic E-state index is 11.9. The molecule has 0 amide bonds. The Morgan fingerprint density at radius 3 is 3.10 bits per heavy atom. The van der Waals surface area contributed by atoms with Crippen LogP contribution in [0.2, 0.25) is 0 Å². The van der Waals surface area contributed by atoms with Gasteiger partial charge in [-0.25, -0.2) is 4.98 Å². The number of aryl methyl sites for hydroxylation is 1. The molecule has 3 rings (SSSR count). The summed E-state index contributed by atoms with van der Waals surface area (Å²) < 4.78 is 0. The Labute approximate surface area is 124 Å². The van der Waals surface area contributed by atoms with Gasteiger partial charge in [-0.1, -0.05) is 31.2 Å². The first kappa shape index (κ1) is 14.0. The molecule has 1 aromatic heterocycles. The number of aromatic amines is 1. The molecule has 0 saturated carbocycles. The Bertz CT molecular complexity index is 678. The van der Waals surface area contributed by atoms with E-state index in [1.165, 1.54) is 11.1 Å². The van der Waals surface area contributed by atoms with Gasteiger partial charge in [0.15, 0.2) is 0 Å². The lowest BCUT2D eigenvalue weighted by Gasteiger charge is -2.24. The SMILES string of the molecule is CCNCc1cc(=O)[nH]c(C2CCCc3ccccc32)n1. The van der Waals surface area contributed by atoms with E-state index in [2.05, 4.69) is 39.6 Å². The summed E-state index contributed by atoms with van der Waals surface area (Å²) in [6, 6.07) is 10.1. The number of nitrogens with zero attached hydrogens (tertiary/aromatic N) is 1. The van der Waals surface area contributed by atoms with Gasteiger partial charge in [0.1, 0.15) is 5.82 Å². The molecule has 0 fully saturated rings. The number of nitrogens with one attached hydrogen (secondary N) is 2. The molecule has 0 radical (unpaired) electrons. The Morgan fingerprint density at radius 2 is 2.24 bits per heavy atom. The number of hydrogen-bond acceptors (Lipinski definition) is 3. The minimum Gasteiger partial charge on any atom is -0.311 e. The normalized spacial score (nSPS) is 17.5. The average molecular weight is 283 g/mol. The molecule has 2 N–H and O–H groups in total. The molecule has 0 saturated heterocycles. The third-order valence-electron chi connectivity index (χ3n) is 4.07. The van der Waals surface area contributed by atoms with Gasteiger partial charge in [-0.2, -0.15) is 0 Å². The molecule has 1 aliphatic carbocycles. The zero-order chi connectivity index (χ0) is 14.7. The maximum atomic E-state index is 11.9.